The number of aromatic nitrogens is 3. The van der Waals surface area contributed by atoms with Gasteiger partial charge in [0.2, 0.25) is 0 Å². The van der Waals surface area contributed by atoms with Crippen molar-refractivity contribution in [2.75, 3.05) is 0 Å². The quantitative estimate of drug-likeness (QED) is 0.775. The van der Waals surface area contributed by atoms with Crippen molar-refractivity contribution in [2.24, 2.45) is 0 Å². The molecule has 0 saturated heterocycles. The van der Waals surface area contributed by atoms with Crippen LogP contribution in [0.5, 0.6) is 0 Å². The van der Waals surface area contributed by atoms with Gasteiger partial charge in [0, 0.05) is 5.56 Å². The van der Waals surface area contributed by atoms with E-state index in [9.17, 15) is 8.78 Å². The van der Waals surface area contributed by atoms with Crippen molar-refractivity contribution in [1.82, 2.24) is 14.8 Å². The molecule has 6 heteroatoms. The zero-order valence-corrected chi connectivity index (χ0v) is 8.96. The van der Waals surface area contributed by atoms with Crippen molar-refractivity contribution >= 4 is 11.6 Å². The van der Waals surface area contributed by atoms with E-state index in [0.717, 1.165) is 18.2 Å². The van der Waals surface area contributed by atoms with Gasteiger partial charge < -0.3 is 4.57 Å². The SMILES string of the molecule is Fc1ccc(F)c(Cn2cnnc2CCl)c1. The van der Waals surface area contributed by atoms with Crippen molar-refractivity contribution in [2.45, 2.75) is 12.4 Å². The Morgan fingerprint density at radius 2 is 2.12 bits per heavy atom. The van der Waals surface area contributed by atoms with E-state index in [1.54, 1.807) is 4.57 Å². The number of halogens is 3. The van der Waals surface area contributed by atoms with Crippen molar-refractivity contribution in [3.05, 3.63) is 47.5 Å². The number of hydrogen-bond acceptors (Lipinski definition) is 2. The Kier molecular flexibility index (Phi) is 3.14. The van der Waals surface area contributed by atoms with Crippen LogP contribution in [0, 0.1) is 11.6 Å². The summed E-state index contributed by atoms with van der Waals surface area (Å²) >= 11 is 5.62. The lowest BCUT2D eigenvalue weighted by molar-refractivity contribution is 0.574. The Morgan fingerprint density at radius 1 is 1.31 bits per heavy atom. The normalized spacial score (nSPS) is 10.7. The number of nitrogens with zero attached hydrogens (tertiary/aromatic N) is 3. The molecule has 0 N–H and O–H groups in total. The average molecular weight is 244 g/mol. The highest BCUT2D eigenvalue weighted by atomic mass is 35.5. The Labute approximate surface area is 95.7 Å². The topological polar surface area (TPSA) is 30.7 Å². The molecule has 3 nitrogen and oxygen atoms in total. The second-order valence-electron chi connectivity index (χ2n) is 3.24. The maximum atomic E-state index is 13.3. The molecule has 84 valence electrons. The van der Waals surface area contributed by atoms with Crippen molar-refractivity contribution in [3.8, 4) is 0 Å². The Morgan fingerprint density at radius 3 is 2.88 bits per heavy atom. The summed E-state index contributed by atoms with van der Waals surface area (Å²) in [6, 6.07) is 3.32. The third-order valence-electron chi connectivity index (χ3n) is 2.16. The summed E-state index contributed by atoms with van der Waals surface area (Å²) in [5.41, 5.74) is 0.242. The summed E-state index contributed by atoms with van der Waals surface area (Å²) in [6.07, 6.45) is 1.43. The van der Waals surface area contributed by atoms with Crippen LogP contribution in [0.15, 0.2) is 24.5 Å². The smallest absolute Gasteiger partial charge is 0.148 e. The van der Waals surface area contributed by atoms with Crippen LogP contribution in [0.4, 0.5) is 8.78 Å². The van der Waals surface area contributed by atoms with Crippen molar-refractivity contribution in [1.29, 1.82) is 0 Å². The van der Waals surface area contributed by atoms with Gasteiger partial charge in [-0.3, -0.25) is 0 Å². The molecule has 0 unspecified atom stereocenters. The largest absolute Gasteiger partial charge is 0.312 e. The Balaban J connectivity index is 2.30. The van der Waals surface area contributed by atoms with E-state index < -0.39 is 11.6 Å². The van der Waals surface area contributed by atoms with Crippen LogP contribution in [0.2, 0.25) is 0 Å². The third kappa shape index (κ3) is 2.19. The van der Waals surface area contributed by atoms with E-state index in [-0.39, 0.29) is 18.0 Å². The molecular formula is C10H8ClF2N3. The van der Waals surface area contributed by atoms with Crippen LogP contribution in [0.1, 0.15) is 11.4 Å². The number of rotatable bonds is 3. The molecule has 0 spiro atoms. The molecule has 1 aromatic carbocycles. The summed E-state index contributed by atoms with van der Waals surface area (Å²) in [5.74, 6) is -0.241. The van der Waals surface area contributed by atoms with E-state index in [1.807, 2.05) is 0 Å². The highest BCUT2D eigenvalue weighted by Crippen LogP contribution is 2.12. The zero-order chi connectivity index (χ0) is 11.5. The molecule has 0 fully saturated rings. The van der Waals surface area contributed by atoms with Gasteiger partial charge in [-0.15, -0.1) is 21.8 Å². The minimum Gasteiger partial charge on any atom is -0.312 e. The second kappa shape index (κ2) is 4.57. The van der Waals surface area contributed by atoms with Gasteiger partial charge in [-0.2, -0.15) is 0 Å². The minimum atomic E-state index is -0.475. The summed E-state index contributed by atoms with van der Waals surface area (Å²) < 4.78 is 27.8. The van der Waals surface area contributed by atoms with Crippen LogP contribution in [0.25, 0.3) is 0 Å². The van der Waals surface area contributed by atoms with E-state index >= 15 is 0 Å². The molecule has 0 atom stereocenters. The summed E-state index contributed by atoms with van der Waals surface area (Å²) in [6.45, 7) is 0.165. The third-order valence-corrected chi connectivity index (χ3v) is 2.40. The fraction of sp³-hybridized carbons (Fsp3) is 0.200. The molecule has 0 radical (unpaired) electrons. The van der Waals surface area contributed by atoms with Gasteiger partial charge in [0.25, 0.3) is 0 Å². The average Bonchev–Trinajstić information content (AvgIpc) is 2.71. The van der Waals surface area contributed by atoms with Crippen LogP contribution < -0.4 is 0 Å². The molecule has 0 aliphatic carbocycles. The van der Waals surface area contributed by atoms with Crippen LogP contribution in [-0.4, -0.2) is 14.8 Å². The molecule has 1 aromatic heterocycles. The Hall–Kier alpha value is -1.49. The van der Waals surface area contributed by atoms with Gasteiger partial charge in [-0.05, 0) is 18.2 Å². The zero-order valence-electron chi connectivity index (χ0n) is 8.20. The lowest BCUT2D eigenvalue weighted by Crippen LogP contribution is -2.05. The molecule has 0 saturated carbocycles. The molecule has 0 aliphatic heterocycles. The lowest BCUT2D eigenvalue weighted by Gasteiger charge is -2.06. The highest BCUT2D eigenvalue weighted by Gasteiger charge is 2.08. The van der Waals surface area contributed by atoms with Gasteiger partial charge in [0.05, 0.1) is 12.4 Å². The number of benzene rings is 1. The molecule has 0 amide bonds. The first-order chi connectivity index (χ1) is 7.70. The highest BCUT2D eigenvalue weighted by molar-refractivity contribution is 6.16. The molecule has 0 aliphatic rings. The fourth-order valence-electron chi connectivity index (χ4n) is 1.36. The van der Waals surface area contributed by atoms with E-state index in [4.69, 9.17) is 11.6 Å². The molecular weight excluding hydrogens is 236 g/mol. The van der Waals surface area contributed by atoms with Crippen molar-refractivity contribution < 1.29 is 8.78 Å². The number of hydrogen-bond donors (Lipinski definition) is 0. The molecule has 2 rings (SSSR count). The molecule has 0 bridgehead atoms. The van der Waals surface area contributed by atoms with Crippen LogP contribution in [-0.2, 0) is 12.4 Å². The predicted molar refractivity (Wildman–Crippen MR) is 55.0 cm³/mol. The Bertz CT molecular complexity index is 499. The first-order valence-electron chi connectivity index (χ1n) is 4.57. The summed E-state index contributed by atoms with van der Waals surface area (Å²) in [7, 11) is 0. The van der Waals surface area contributed by atoms with Gasteiger partial charge in [0.1, 0.15) is 23.8 Å². The van der Waals surface area contributed by atoms with Gasteiger partial charge in [-0.1, -0.05) is 0 Å². The maximum Gasteiger partial charge on any atom is 0.148 e. The number of alkyl halides is 1. The van der Waals surface area contributed by atoms with Crippen LogP contribution >= 0.6 is 11.6 Å². The van der Waals surface area contributed by atoms with Gasteiger partial charge in [0.15, 0.2) is 0 Å². The van der Waals surface area contributed by atoms with Gasteiger partial charge in [-0.25, -0.2) is 8.78 Å². The van der Waals surface area contributed by atoms with Gasteiger partial charge >= 0.3 is 0 Å². The first-order valence-corrected chi connectivity index (χ1v) is 5.10. The first kappa shape index (κ1) is 11.0. The summed E-state index contributed by atoms with van der Waals surface area (Å²) in [4.78, 5) is 0. The van der Waals surface area contributed by atoms with Crippen molar-refractivity contribution in [3.63, 3.8) is 0 Å². The standard InChI is InChI=1S/C10H8ClF2N3/c11-4-10-15-14-6-16(10)5-7-3-8(12)1-2-9(7)13/h1-3,6H,4-5H2. The van der Waals surface area contributed by atoms with E-state index in [2.05, 4.69) is 10.2 Å². The molecule has 2 aromatic rings. The molecule has 16 heavy (non-hydrogen) atoms. The predicted octanol–water partition coefficient (Wildman–Crippen LogP) is 2.34. The maximum absolute atomic E-state index is 13.3. The fourth-order valence-corrected chi connectivity index (χ4v) is 1.57. The van der Waals surface area contributed by atoms with E-state index in [0.29, 0.717) is 5.82 Å². The molecule has 1 heterocycles. The summed E-state index contributed by atoms with van der Waals surface area (Å²) in [5, 5.41) is 7.40. The lowest BCUT2D eigenvalue weighted by atomic mass is 10.2. The monoisotopic (exact) mass is 243 g/mol. The second-order valence-corrected chi connectivity index (χ2v) is 3.51. The minimum absolute atomic E-state index is 0.165. The van der Waals surface area contributed by atoms with Crippen LogP contribution in [0.3, 0.4) is 0 Å². The van der Waals surface area contributed by atoms with E-state index in [1.165, 1.54) is 6.33 Å².